The van der Waals surface area contributed by atoms with E-state index in [-0.39, 0.29) is 5.82 Å². The van der Waals surface area contributed by atoms with Gasteiger partial charge in [0.2, 0.25) is 0 Å². The fourth-order valence-corrected chi connectivity index (χ4v) is 2.54. The van der Waals surface area contributed by atoms with Crippen LogP contribution in [0.1, 0.15) is 24.8 Å². The van der Waals surface area contributed by atoms with Crippen LogP contribution in [0.3, 0.4) is 0 Å². The molecule has 3 unspecified atom stereocenters. The van der Waals surface area contributed by atoms with Crippen molar-refractivity contribution in [1.82, 2.24) is 5.32 Å². The Morgan fingerprint density at radius 2 is 2.31 bits per heavy atom. The Labute approximate surface area is 96.0 Å². The van der Waals surface area contributed by atoms with Crippen LogP contribution in [-0.4, -0.2) is 19.1 Å². The molecule has 3 atom stereocenters. The monoisotopic (exact) mass is 222 g/mol. The van der Waals surface area contributed by atoms with Gasteiger partial charge in [-0.15, -0.1) is 0 Å². The van der Waals surface area contributed by atoms with Crippen LogP contribution in [0.15, 0.2) is 24.3 Å². The predicted molar refractivity (Wildman–Crippen MR) is 63.8 cm³/mol. The lowest BCUT2D eigenvalue weighted by Gasteiger charge is -2.35. The Morgan fingerprint density at radius 1 is 1.50 bits per heavy atom. The van der Waals surface area contributed by atoms with Gasteiger partial charge in [0.1, 0.15) is 5.82 Å². The van der Waals surface area contributed by atoms with Crippen LogP contribution in [0, 0.1) is 11.7 Å². The van der Waals surface area contributed by atoms with Crippen LogP contribution in [0.4, 0.5) is 4.39 Å². The summed E-state index contributed by atoms with van der Waals surface area (Å²) in [7, 11) is 0. The maximum atomic E-state index is 13.2. The van der Waals surface area contributed by atoms with Gasteiger partial charge in [0.05, 0.1) is 0 Å². The average molecular weight is 222 g/mol. The lowest BCUT2D eigenvalue weighted by atomic mass is 9.79. The van der Waals surface area contributed by atoms with Crippen molar-refractivity contribution >= 4 is 0 Å². The van der Waals surface area contributed by atoms with Gasteiger partial charge in [-0.3, -0.25) is 0 Å². The molecule has 16 heavy (non-hydrogen) atoms. The van der Waals surface area contributed by atoms with E-state index in [2.05, 4.69) is 12.2 Å². The van der Waals surface area contributed by atoms with E-state index in [1.165, 1.54) is 6.07 Å². The van der Waals surface area contributed by atoms with Gasteiger partial charge >= 0.3 is 0 Å². The summed E-state index contributed by atoms with van der Waals surface area (Å²) >= 11 is 0. The molecule has 0 spiro atoms. The number of hydrogen-bond donors (Lipinski definition) is 2. The highest BCUT2D eigenvalue weighted by Crippen LogP contribution is 2.32. The predicted octanol–water partition coefficient (Wildman–Crippen LogP) is 1.87. The first-order valence-electron chi connectivity index (χ1n) is 5.89. The SMILES string of the molecule is CC1CC(c2cccc(F)c2)C(CN)CN1. The van der Waals surface area contributed by atoms with Gasteiger partial charge in [-0.1, -0.05) is 12.1 Å². The summed E-state index contributed by atoms with van der Waals surface area (Å²) < 4.78 is 13.2. The number of rotatable bonds is 2. The first kappa shape index (κ1) is 11.6. The summed E-state index contributed by atoms with van der Waals surface area (Å²) in [5.74, 6) is 0.648. The molecule has 1 heterocycles. The van der Waals surface area contributed by atoms with Crippen LogP contribution < -0.4 is 11.1 Å². The van der Waals surface area contributed by atoms with Crippen LogP contribution in [0.25, 0.3) is 0 Å². The number of benzene rings is 1. The molecule has 0 amide bonds. The number of piperidine rings is 1. The quantitative estimate of drug-likeness (QED) is 0.801. The third-order valence-corrected chi connectivity index (χ3v) is 3.48. The van der Waals surface area contributed by atoms with Gasteiger partial charge in [0, 0.05) is 6.04 Å². The van der Waals surface area contributed by atoms with Crippen LogP contribution in [0.2, 0.25) is 0 Å². The molecule has 1 fully saturated rings. The van der Waals surface area contributed by atoms with Crippen molar-refractivity contribution in [3.05, 3.63) is 35.6 Å². The molecule has 0 aliphatic carbocycles. The maximum absolute atomic E-state index is 13.2. The molecule has 0 aromatic heterocycles. The van der Waals surface area contributed by atoms with E-state index in [4.69, 9.17) is 5.73 Å². The third-order valence-electron chi connectivity index (χ3n) is 3.48. The van der Waals surface area contributed by atoms with E-state index in [0.29, 0.717) is 24.4 Å². The van der Waals surface area contributed by atoms with Gasteiger partial charge in [-0.05, 0) is 56.0 Å². The van der Waals surface area contributed by atoms with Crippen molar-refractivity contribution in [1.29, 1.82) is 0 Å². The molecule has 1 aromatic carbocycles. The molecule has 3 heteroatoms. The first-order valence-corrected chi connectivity index (χ1v) is 5.89. The second-order valence-corrected chi connectivity index (χ2v) is 4.70. The first-order chi connectivity index (χ1) is 7.70. The average Bonchev–Trinajstić information content (AvgIpc) is 2.29. The molecule has 88 valence electrons. The Hall–Kier alpha value is -0.930. The zero-order chi connectivity index (χ0) is 11.5. The van der Waals surface area contributed by atoms with E-state index in [9.17, 15) is 4.39 Å². The lowest BCUT2D eigenvalue weighted by Crippen LogP contribution is -2.44. The van der Waals surface area contributed by atoms with Gasteiger partial charge < -0.3 is 11.1 Å². The maximum Gasteiger partial charge on any atom is 0.123 e. The highest BCUT2D eigenvalue weighted by atomic mass is 19.1. The lowest BCUT2D eigenvalue weighted by molar-refractivity contribution is 0.284. The Morgan fingerprint density at radius 3 is 3.00 bits per heavy atom. The van der Waals surface area contributed by atoms with Crippen LogP contribution in [0.5, 0.6) is 0 Å². The summed E-state index contributed by atoms with van der Waals surface area (Å²) in [6.45, 7) is 3.75. The highest BCUT2D eigenvalue weighted by molar-refractivity contribution is 5.22. The van der Waals surface area contributed by atoms with Crippen molar-refractivity contribution in [2.24, 2.45) is 11.7 Å². The molecule has 1 aliphatic rings. The normalized spacial score (nSPS) is 30.3. The Balaban J connectivity index is 2.22. The molecular weight excluding hydrogens is 203 g/mol. The Kier molecular flexibility index (Phi) is 3.56. The number of halogens is 1. The van der Waals surface area contributed by atoms with Crippen LogP contribution in [-0.2, 0) is 0 Å². The van der Waals surface area contributed by atoms with Crippen molar-refractivity contribution in [2.45, 2.75) is 25.3 Å². The summed E-state index contributed by atoms with van der Waals surface area (Å²) in [6, 6.07) is 7.41. The molecule has 0 bridgehead atoms. The second kappa shape index (κ2) is 4.93. The van der Waals surface area contributed by atoms with Crippen molar-refractivity contribution in [3.8, 4) is 0 Å². The molecule has 0 saturated carbocycles. The number of nitrogens with one attached hydrogen (secondary N) is 1. The van der Waals surface area contributed by atoms with Crippen molar-refractivity contribution in [2.75, 3.05) is 13.1 Å². The second-order valence-electron chi connectivity index (χ2n) is 4.70. The molecule has 1 aromatic rings. The third kappa shape index (κ3) is 2.42. The number of nitrogens with two attached hydrogens (primary N) is 1. The highest BCUT2D eigenvalue weighted by Gasteiger charge is 2.28. The van der Waals surface area contributed by atoms with E-state index in [1.54, 1.807) is 12.1 Å². The molecule has 1 aliphatic heterocycles. The molecule has 1 saturated heterocycles. The van der Waals surface area contributed by atoms with E-state index in [1.807, 2.05) is 6.07 Å². The van der Waals surface area contributed by atoms with Crippen molar-refractivity contribution < 1.29 is 4.39 Å². The zero-order valence-corrected chi connectivity index (χ0v) is 9.62. The zero-order valence-electron chi connectivity index (χ0n) is 9.62. The largest absolute Gasteiger partial charge is 0.330 e. The fourth-order valence-electron chi connectivity index (χ4n) is 2.54. The van der Waals surface area contributed by atoms with Gasteiger partial charge in [-0.25, -0.2) is 4.39 Å². The molecular formula is C13H19FN2. The molecule has 2 rings (SSSR count). The topological polar surface area (TPSA) is 38.0 Å². The Bertz CT molecular complexity index is 354. The van der Waals surface area contributed by atoms with E-state index in [0.717, 1.165) is 18.5 Å². The minimum absolute atomic E-state index is 0.153. The summed E-state index contributed by atoms with van der Waals surface area (Å²) in [4.78, 5) is 0. The number of hydrogen-bond acceptors (Lipinski definition) is 2. The van der Waals surface area contributed by atoms with Crippen molar-refractivity contribution in [3.63, 3.8) is 0 Å². The summed E-state index contributed by atoms with van der Waals surface area (Å²) in [5.41, 5.74) is 6.87. The van der Waals surface area contributed by atoms with Gasteiger partial charge in [-0.2, -0.15) is 0 Å². The summed E-state index contributed by atoms with van der Waals surface area (Å²) in [5, 5.41) is 3.42. The summed E-state index contributed by atoms with van der Waals surface area (Å²) in [6.07, 6.45) is 1.03. The standard InChI is InChI=1S/C13H19FN2/c1-9-5-13(11(7-15)8-16-9)10-3-2-4-12(14)6-10/h2-4,6,9,11,13,16H,5,7-8,15H2,1H3. The minimum Gasteiger partial charge on any atom is -0.330 e. The molecule has 3 N–H and O–H groups in total. The minimum atomic E-state index is -0.153. The van der Waals surface area contributed by atoms with Gasteiger partial charge in [0.15, 0.2) is 0 Å². The van der Waals surface area contributed by atoms with Gasteiger partial charge in [0.25, 0.3) is 0 Å². The van der Waals surface area contributed by atoms with Crippen LogP contribution >= 0.6 is 0 Å². The molecule has 0 radical (unpaired) electrons. The fraction of sp³-hybridized carbons (Fsp3) is 0.538. The smallest absolute Gasteiger partial charge is 0.123 e. The van der Waals surface area contributed by atoms with E-state index < -0.39 is 0 Å². The van der Waals surface area contributed by atoms with E-state index >= 15 is 0 Å². The molecule has 2 nitrogen and oxygen atoms in total.